The van der Waals surface area contributed by atoms with E-state index in [1.54, 1.807) is 6.92 Å². The maximum atomic E-state index is 12.4. The lowest BCUT2D eigenvalue weighted by atomic mass is 10.2. The Morgan fingerprint density at radius 3 is 2.61 bits per heavy atom. The fourth-order valence-corrected chi connectivity index (χ4v) is 3.90. The molecule has 4 rings (SSSR count). The number of para-hydroxylation sites is 2. The number of nitrogens with one attached hydrogen (secondary N) is 1. The number of hydrogen-bond acceptors (Lipinski definition) is 5. The van der Waals surface area contributed by atoms with E-state index in [0.717, 1.165) is 20.8 Å². The number of benzene rings is 3. The summed E-state index contributed by atoms with van der Waals surface area (Å²) < 4.78 is 5.74. The minimum absolute atomic E-state index is 0.211. The lowest BCUT2D eigenvalue weighted by molar-refractivity contribution is -0.120. The maximum absolute atomic E-state index is 12.4. The Morgan fingerprint density at radius 1 is 1.06 bits per heavy atom. The molecule has 0 unspecified atom stereocenters. The molecule has 0 bridgehead atoms. The zero-order chi connectivity index (χ0) is 21.6. The van der Waals surface area contributed by atoms with Crippen molar-refractivity contribution < 1.29 is 14.0 Å². The van der Waals surface area contributed by atoms with Crippen molar-refractivity contribution in [2.45, 2.75) is 16.7 Å². The second-order valence-electron chi connectivity index (χ2n) is 6.70. The number of anilines is 1. The quantitative estimate of drug-likeness (QED) is 0.254. The van der Waals surface area contributed by atoms with Gasteiger partial charge >= 0.3 is 0 Å². The molecule has 0 fully saturated rings. The Kier molecular flexibility index (Phi) is 6.60. The number of halogens is 1. The Balaban J connectivity index is 1.36. The number of rotatable bonds is 7. The summed E-state index contributed by atoms with van der Waals surface area (Å²) in [5.41, 5.74) is 2.04. The zero-order valence-corrected chi connectivity index (χ0v) is 18.2. The predicted molar refractivity (Wildman–Crippen MR) is 125 cm³/mol. The van der Waals surface area contributed by atoms with E-state index >= 15 is 0 Å². The van der Waals surface area contributed by atoms with Gasteiger partial charge in [-0.1, -0.05) is 58.9 Å². The number of carbonyl (C=O) groups is 1. The Labute approximate surface area is 189 Å². The van der Waals surface area contributed by atoms with Crippen molar-refractivity contribution in [1.82, 2.24) is 0 Å². The molecule has 5 nitrogen and oxygen atoms in total. The monoisotopic (exact) mass is 450 g/mol. The van der Waals surface area contributed by atoms with Gasteiger partial charge in [-0.3, -0.25) is 4.79 Å². The third kappa shape index (κ3) is 5.48. The fraction of sp³-hybridized carbons (Fsp3) is 0.0833. The smallest absolute Gasteiger partial charge is 0.265 e. The summed E-state index contributed by atoms with van der Waals surface area (Å²) in [4.78, 5) is 19.5. The van der Waals surface area contributed by atoms with Crippen molar-refractivity contribution in [3.8, 4) is 0 Å². The average molecular weight is 451 g/mol. The Hall–Kier alpha value is -3.22. The molecule has 0 spiro atoms. The molecular formula is C24H19ClN2O3S. The van der Waals surface area contributed by atoms with Crippen molar-refractivity contribution in [3.63, 3.8) is 0 Å². The molecule has 0 aliphatic heterocycles. The van der Waals surface area contributed by atoms with Gasteiger partial charge in [-0.25, -0.2) is 0 Å². The van der Waals surface area contributed by atoms with Crippen LogP contribution in [0.1, 0.15) is 12.7 Å². The number of oxime groups is 1. The highest BCUT2D eigenvalue weighted by Crippen LogP contribution is 2.33. The Morgan fingerprint density at radius 2 is 1.81 bits per heavy atom. The second-order valence-corrected chi connectivity index (χ2v) is 8.25. The number of fused-ring (bicyclic) bond motifs is 1. The normalized spacial score (nSPS) is 11.5. The van der Waals surface area contributed by atoms with E-state index in [1.165, 1.54) is 11.8 Å². The molecule has 0 saturated heterocycles. The van der Waals surface area contributed by atoms with Gasteiger partial charge in [0.1, 0.15) is 11.3 Å². The fourth-order valence-electron chi connectivity index (χ4n) is 2.87. The molecule has 0 radical (unpaired) electrons. The molecule has 7 heteroatoms. The van der Waals surface area contributed by atoms with E-state index in [-0.39, 0.29) is 12.5 Å². The molecular weight excluding hydrogens is 432 g/mol. The summed E-state index contributed by atoms with van der Waals surface area (Å²) in [5, 5.41) is 8.56. The molecule has 0 aliphatic rings. The zero-order valence-electron chi connectivity index (χ0n) is 16.7. The van der Waals surface area contributed by atoms with Crippen LogP contribution in [0.5, 0.6) is 0 Å². The molecule has 3 aromatic carbocycles. The van der Waals surface area contributed by atoms with Crippen LogP contribution in [0.15, 0.2) is 98.2 Å². The average Bonchev–Trinajstić information content (AvgIpc) is 3.21. The first-order valence-electron chi connectivity index (χ1n) is 9.56. The van der Waals surface area contributed by atoms with Crippen molar-refractivity contribution in [3.05, 3.63) is 89.6 Å². The van der Waals surface area contributed by atoms with Gasteiger partial charge in [-0.2, -0.15) is 0 Å². The maximum Gasteiger partial charge on any atom is 0.265 e. The van der Waals surface area contributed by atoms with Gasteiger partial charge in [0.25, 0.3) is 5.91 Å². The summed E-state index contributed by atoms with van der Waals surface area (Å²) >= 11 is 7.49. The summed E-state index contributed by atoms with van der Waals surface area (Å²) in [7, 11) is 0. The second kappa shape index (κ2) is 9.73. The topological polar surface area (TPSA) is 63.8 Å². The van der Waals surface area contributed by atoms with Crippen molar-refractivity contribution in [2.24, 2.45) is 5.16 Å². The van der Waals surface area contributed by atoms with E-state index in [4.69, 9.17) is 20.9 Å². The molecule has 4 aromatic rings. The number of carbonyl (C=O) groups excluding carboxylic acids is 1. The molecule has 1 amide bonds. The lowest BCUT2D eigenvalue weighted by Gasteiger charge is -2.10. The number of furan rings is 1. The van der Waals surface area contributed by atoms with Gasteiger partial charge in [0.15, 0.2) is 12.4 Å². The minimum atomic E-state index is -0.301. The van der Waals surface area contributed by atoms with E-state index in [2.05, 4.69) is 10.5 Å². The summed E-state index contributed by atoms with van der Waals surface area (Å²) in [6.45, 7) is 1.56. The predicted octanol–water partition coefficient (Wildman–Crippen LogP) is 6.62. The van der Waals surface area contributed by atoms with Crippen LogP contribution in [0, 0.1) is 0 Å². The van der Waals surface area contributed by atoms with Crippen LogP contribution in [-0.4, -0.2) is 18.2 Å². The van der Waals surface area contributed by atoms with Crippen molar-refractivity contribution in [2.75, 3.05) is 11.9 Å². The summed E-state index contributed by atoms with van der Waals surface area (Å²) in [6.07, 6.45) is 0. The lowest BCUT2D eigenvalue weighted by Crippen LogP contribution is -2.17. The van der Waals surface area contributed by atoms with E-state index in [1.807, 2.05) is 78.9 Å². The molecule has 0 saturated carbocycles. The minimum Gasteiger partial charge on any atom is -0.455 e. The molecule has 31 heavy (non-hydrogen) atoms. The van der Waals surface area contributed by atoms with E-state index < -0.39 is 0 Å². The Bertz CT molecular complexity index is 1200. The highest BCUT2D eigenvalue weighted by atomic mass is 35.5. The third-order valence-corrected chi connectivity index (χ3v) is 5.72. The van der Waals surface area contributed by atoms with Gasteiger partial charge in [0.2, 0.25) is 0 Å². The van der Waals surface area contributed by atoms with Crippen LogP contribution in [-0.2, 0) is 9.63 Å². The van der Waals surface area contributed by atoms with Crippen LogP contribution in [0.2, 0.25) is 5.02 Å². The summed E-state index contributed by atoms with van der Waals surface area (Å²) in [6, 6.07) is 24.7. The van der Waals surface area contributed by atoms with Gasteiger partial charge in [-0.15, -0.1) is 0 Å². The molecule has 1 aromatic heterocycles. The van der Waals surface area contributed by atoms with Crippen molar-refractivity contribution in [1.29, 1.82) is 0 Å². The molecule has 156 valence electrons. The standard InChI is InChI=1S/C24H19ClN2O3S/c1-16(22-14-17-6-2-4-8-21(17)30-22)27-29-15-24(28)26-20-7-3-5-9-23(20)31-19-12-10-18(25)11-13-19/h2-14H,15H2,1H3,(H,26,28). The van der Waals surface area contributed by atoms with Gasteiger partial charge < -0.3 is 14.6 Å². The molecule has 1 heterocycles. The SMILES string of the molecule is CC(=NOCC(=O)Nc1ccccc1Sc1ccc(Cl)cc1)c1cc2ccccc2o1. The number of amides is 1. The van der Waals surface area contributed by atoms with E-state index in [9.17, 15) is 4.79 Å². The third-order valence-electron chi connectivity index (χ3n) is 4.38. The van der Waals surface area contributed by atoms with Crippen LogP contribution in [0.25, 0.3) is 11.0 Å². The number of hydrogen-bond donors (Lipinski definition) is 1. The molecule has 0 aliphatic carbocycles. The molecule has 0 atom stereocenters. The first-order valence-corrected chi connectivity index (χ1v) is 10.8. The highest BCUT2D eigenvalue weighted by molar-refractivity contribution is 7.99. The first-order chi connectivity index (χ1) is 15.1. The highest BCUT2D eigenvalue weighted by Gasteiger charge is 2.10. The van der Waals surface area contributed by atoms with Gasteiger partial charge in [-0.05, 0) is 55.5 Å². The van der Waals surface area contributed by atoms with Gasteiger partial charge in [0.05, 0.1) is 5.69 Å². The van der Waals surface area contributed by atoms with Crippen LogP contribution in [0.4, 0.5) is 5.69 Å². The van der Waals surface area contributed by atoms with Gasteiger partial charge in [0, 0.05) is 20.2 Å². The van der Waals surface area contributed by atoms with E-state index in [0.29, 0.717) is 22.2 Å². The van der Waals surface area contributed by atoms with Crippen LogP contribution in [0.3, 0.4) is 0 Å². The van der Waals surface area contributed by atoms with Crippen LogP contribution < -0.4 is 5.32 Å². The summed E-state index contributed by atoms with van der Waals surface area (Å²) in [5.74, 6) is 0.302. The van der Waals surface area contributed by atoms with Crippen LogP contribution >= 0.6 is 23.4 Å². The first kappa shape index (κ1) is 21.0. The molecule has 1 N–H and O–H groups in total. The van der Waals surface area contributed by atoms with Crippen molar-refractivity contribution >= 4 is 51.6 Å². The number of nitrogens with zero attached hydrogens (tertiary/aromatic N) is 1. The largest absolute Gasteiger partial charge is 0.455 e.